The lowest BCUT2D eigenvalue weighted by molar-refractivity contribution is -0.150. The highest BCUT2D eigenvalue weighted by Gasteiger charge is 2.57. The number of aliphatic carboxylic acids is 1. The van der Waals surface area contributed by atoms with E-state index in [0.717, 1.165) is 40.0 Å². The molecule has 2 aliphatic heterocycles. The van der Waals surface area contributed by atoms with Crippen LogP contribution in [0.15, 0.2) is 21.8 Å². The van der Waals surface area contributed by atoms with E-state index in [1.165, 1.54) is 14.1 Å². The number of carbonyl (C=O) groups excluding carboxylic acids is 3. The summed E-state index contributed by atoms with van der Waals surface area (Å²) in [5.41, 5.74) is 5.80. The molecule has 2 aliphatic rings. The number of oxime groups is 1. The Balaban J connectivity index is 1.98. The molecule has 2 unspecified atom stereocenters. The molecule has 0 aliphatic carbocycles. The minimum Gasteiger partial charge on any atom is -0.477 e. The fourth-order valence-electron chi connectivity index (χ4n) is 3.12. The van der Waals surface area contributed by atoms with Crippen molar-refractivity contribution in [3.63, 3.8) is 0 Å². The van der Waals surface area contributed by atoms with Crippen LogP contribution in [-0.2, 0) is 24.0 Å². The minimum absolute atomic E-state index is 0.106. The molecule has 33 heavy (non-hydrogen) atoms. The first-order valence-electron chi connectivity index (χ1n) is 9.14. The van der Waals surface area contributed by atoms with Crippen LogP contribution in [0.1, 0.15) is 10.9 Å². The zero-order valence-corrected chi connectivity index (χ0v) is 19.1. The standard InChI is InChI=1S/C17H19FN6O7S2/c1-23(2)17(29)31-4-6-9(15(27)28)24-13(26)8(21-12(25)11(18)22-30-3)14(24)33-10(6)7-5-32-16(19)20-7/h5,8,10,14H,4H2,1-3H3,(H2,19,20)(H,21,25)(H,27,28)/t8?,10?,14-/m0/s1. The number of ether oxygens (including phenoxy) is 1. The van der Waals surface area contributed by atoms with E-state index in [1.54, 1.807) is 5.38 Å². The second-order valence-corrected chi connectivity index (χ2v) is 8.99. The zero-order valence-electron chi connectivity index (χ0n) is 17.5. The molecule has 4 N–H and O–H groups in total. The molecule has 178 valence electrons. The van der Waals surface area contributed by atoms with Crippen LogP contribution < -0.4 is 11.1 Å². The first kappa shape index (κ1) is 24.2. The van der Waals surface area contributed by atoms with Crippen molar-refractivity contribution in [1.29, 1.82) is 0 Å². The maximum absolute atomic E-state index is 13.6. The summed E-state index contributed by atoms with van der Waals surface area (Å²) in [5.74, 6) is -5.03. The number of carboxylic acids is 1. The number of aromatic nitrogens is 1. The molecular formula is C17H19FN6O7S2. The maximum atomic E-state index is 13.6. The van der Waals surface area contributed by atoms with E-state index in [0.29, 0.717) is 5.69 Å². The van der Waals surface area contributed by atoms with E-state index in [-0.39, 0.29) is 10.7 Å². The fraction of sp³-hybridized carbons (Fsp3) is 0.412. The van der Waals surface area contributed by atoms with Gasteiger partial charge >= 0.3 is 23.9 Å². The molecule has 0 aromatic carbocycles. The third-order valence-corrected chi connectivity index (χ3v) is 6.80. The summed E-state index contributed by atoms with van der Waals surface area (Å²) in [6, 6.07) is -1.24. The van der Waals surface area contributed by atoms with Crippen LogP contribution in [0.3, 0.4) is 0 Å². The van der Waals surface area contributed by atoms with Gasteiger partial charge in [-0.15, -0.1) is 23.1 Å². The predicted octanol–water partition coefficient (Wildman–Crippen LogP) is 0.133. The molecule has 3 atom stereocenters. The average molecular weight is 503 g/mol. The Morgan fingerprint density at radius 3 is 2.67 bits per heavy atom. The van der Waals surface area contributed by atoms with Crippen molar-refractivity contribution >= 4 is 58.1 Å². The van der Waals surface area contributed by atoms with Crippen LogP contribution in [0.4, 0.5) is 14.3 Å². The molecule has 1 saturated heterocycles. The summed E-state index contributed by atoms with van der Waals surface area (Å²) in [5, 5.41) is 15.1. The molecule has 0 radical (unpaired) electrons. The van der Waals surface area contributed by atoms with Crippen LogP contribution in [-0.4, -0.2) is 89.0 Å². The molecule has 1 aromatic heterocycles. The minimum atomic E-state index is -1.50. The number of nitrogen functional groups attached to an aromatic ring is 1. The van der Waals surface area contributed by atoms with E-state index >= 15 is 0 Å². The predicted molar refractivity (Wildman–Crippen MR) is 115 cm³/mol. The van der Waals surface area contributed by atoms with Crippen LogP contribution in [0.5, 0.6) is 0 Å². The number of thioether (sulfide) groups is 1. The molecule has 1 aromatic rings. The van der Waals surface area contributed by atoms with Crippen molar-refractivity contribution in [3.05, 3.63) is 22.3 Å². The van der Waals surface area contributed by atoms with Crippen molar-refractivity contribution in [1.82, 2.24) is 20.1 Å². The van der Waals surface area contributed by atoms with Gasteiger partial charge in [0.1, 0.15) is 30.8 Å². The van der Waals surface area contributed by atoms with Crippen LogP contribution in [0.2, 0.25) is 0 Å². The molecule has 0 saturated carbocycles. The molecule has 3 heterocycles. The number of rotatable bonds is 7. The highest BCUT2D eigenvalue weighted by atomic mass is 32.2. The molecular weight excluding hydrogens is 483 g/mol. The Bertz CT molecular complexity index is 1060. The SMILES string of the molecule is CON=C(F)C(=O)NC1C(=O)N2C(C(=O)O)=C(COC(=O)N(C)C)C(c3csc(N)n3)S[C@@H]12. The smallest absolute Gasteiger partial charge is 0.409 e. The molecule has 1 fully saturated rings. The number of anilines is 1. The van der Waals surface area contributed by atoms with Gasteiger partial charge in [0.2, 0.25) is 0 Å². The van der Waals surface area contributed by atoms with Gasteiger partial charge in [-0.05, 0) is 5.16 Å². The van der Waals surface area contributed by atoms with Gasteiger partial charge < -0.3 is 30.6 Å². The van der Waals surface area contributed by atoms with Crippen LogP contribution >= 0.6 is 23.1 Å². The number of hydrogen-bond acceptors (Lipinski definition) is 11. The van der Waals surface area contributed by atoms with Gasteiger partial charge in [0.15, 0.2) is 5.13 Å². The van der Waals surface area contributed by atoms with E-state index in [1.807, 2.05) is 0 Å². The maximum Gasteiger partial charge on any atom is 0.409 e. The summed E-state index contributed by atoms with van der Waals surface area (Å²) in [7, 11) is 3.95. The van der Waals surface area contributed by atoms with Crippen molar-refractivity contribution < 1.29 is 38.2 Å². The number of nitrogens with zero attached hydrogens (tertiary/aromatic N) is 4. The van der Waals surface area contributed by atoms with E-state index in [4.69, 9.17) is 10.5 Å². The largest absolute Gasteiger partial charge is 0.477 e. The molecule has 3 amide bonds. The third-order valence-electron chi connectivity index (χ3n) is 4.55. The lowest BCUT2D eigenvalue weighted by Gasteiger charge is -2.51. The second kappa shape index (κ2) is 9.62. The fourth-order valence-corrected chi connectivity index (χ4v) is 5.35. The first-order chi connectivity index (χ1) is 15.6. The summed E-state index contributed by atoms with van der Waals surface area (Å²) in [6.45, 7) is -0.434. The normalized spacial score (nSPS) is 22.3. The number of amides is 3. The number of nitrogens with two attached hydrogens (primary N) is 1. The van der Waals surface area contributed by atoms with E-state index in [9.17, 15) is 28.7 Å². The third kappa shape index (κ3) is 4.70. The highest BCUT2D eigenvalue weighted by Crippen LogP contribution is 2.51. The lowest BCUT2D eigenvalue weighted by Crippen LogP contribution is -2.71. The molecule has 16 heteroatoms. The van der Waals surface area contributed by atoms with Crippen LogP contribution in [0.25, 0.3) is 0 Å². The Labute approximate surface area is 194 Å². The van der Waals surface area contributed by atoms with Crippen LogP contribution in [0, 0.1) is 0 Å². The first-order valence-corrected chi connectivity index (χ1v) is 11.0. The van der Waals surface area contributed by atoms with Gasteiger partial charge in [-0.2, -0.15) is 4.39 Å². The number of halogens is 1. The number of fused-ring (bicyclic) bond motifs is 1. The summed E-state index contributed by atoms with van der Waals surface area (Å²) < 4.78 is 18.8. The van der Waals surface area contributed by atoms with Crippen molar-refractivity contribution in [3.8, 4) is 0 Å². The molecule has 3 rings (SSSR count). The Hall–Kier alpha value is -3.40. The monoisotopic (exact) mass is 502 g/mol. The second-order valence-electron chi connectivity index (χ2n) is 6.87. The van der Waals surface area contributed by atoms with Gasteiger partial charge in [0.05, 0.1) is 10.9 Å². The van der Waals surface area contributed by atoms with Gasteiger partial charge in [0, 0.05) is 25.0 Å². The summed E-state index contributed by atoms with van der Waals surface area (Å²) in [6.07, 6.45) is -0.719. The zero-order chi connectivity index (χ0) is 24.4. The molecule has 0 bridgehead atoms. The number of carboxylic acid groups (broad SMARTS) is 1. The Morgan fingerprint density at radius 1 is 1.42 bits per heavy atom. The Kier molecular flexibility index (Phi) is 7.06. The van der Waals surface area contributed by atoms with Gasteiger partial charge in [-0.3, -0.25) is 14.5 Å². The van der Waals surface area contributed by atoms with Crippen molar-refractivity contribution in [2.75, 3.05) is 33.5 Å². The topological polar surface area (TPSA) is 177 Å². The van der Waals surface area contributed by atoms with Gasteiger partial charge in [-0.25, -0.2) is 14.6 Å². The van der Waals surface area contributed by atoms with E-state index < -0.39 is 58.8 Å². The Morgan fingerprint density at radius 2 is 2.12 bits per heavy atom. The number of hydrogen-bond donors (Lipinski definition) is 3. The lowest BCUT2D eigenvalue weighted by atomic mass is 9.99. The van der Waals surface area contributed by atoms with Gasteiger partial charge in [-0.1, -0.05) is 0 Å². The highest BCUT2D eigenvalue weighted by molar-refractivity contribution is 8.00. The number of nitrogens with one attached hydrogen (secondary N) is 1. The molecule has 0 spiro atoms. The van der Waals surface area contributed by atoms with E-state index in [2.05, 4.69) is 20.3 Å². The number of thiazole rings is 1. The number of β-lactam (4-membered cyclic amide) rings is 1. The number of carbonyl (C=O) groups is 4. The average Bonchev–Trinajstić information content (AvgIpc) is 3.20. The quantitative estimate of drug-likeness (QED) is 0.264. The van der Waals surface area contributed by atoms with Crippen molar-refractivity contribution in [2.24, 2.45) is 5.16 Å². The van der Waals surface area contributed by atoms with Gasteiger partial charge in [0.25, 0.3) is 5.91 Å². The summed E-state index contributed by atoms with van der Waals surface area (Å²) in [4.78, 5) is 59.2. The molecule has 13 nitrogen and oxygen atoms in total. The van der Waals surface area contributed by atoms with Crippen molar-refractivity contribution in [2.45, 2.75) is 16.7 Å². The summed E-state index contributed by atoms with van der Waals surface area (Å²) >= 11 is 2.19.